The van der Waals surface area contributed by atoms with Crippen LogP contribution in [-0.4, -0.2) is 66.3 Å². The third-order valence-corrected chi connectivity index (χ3v) is 3.01. The molecule has 1 N–H and O–H groups in total. The summed E-state index contributed by atoms with van der Waals surface area (Å²) in [4.78, 5) is 26.7. The molecule has 6 heteroatoms. The minimum Gasteiger partial charge on any atom is -0.481 e. The zero-order valence-electron chi connectivity index (χ0n) is 13.3. The first-order valence-electron chi connectivity index (χ1n) is 7.09. The topological polar surface area (TPSA) is 70.1 Å². The van der Waals surface area contributed by atoms with Gasteiger partial charge in [-0.2, -0.15) is 0 Å². The van der Waals surface area contributed by atoms with E-state index in [4.69, 9.17) is 9.84 Å². The Hall–Kier alpha value is -1.30. The molecule has 0 saturated heterocycles. The van der Waals surface area contributed by atoms with Crippen molar-refractivity contribution in [3.8, 4) is 0 Å². The second-order valence-corrected chi connectivity index (χ2v) is 5.35. The molecule has 0 aromatic heterocycles. The summed E-state index contributed by atoms with van der Waals surface area (Å²) in [6, 6.07) is -0.436. The van der Waals surface area contributed by atoms with Crippen molar-refractivity contribution >= 4 is 12.0 Å². The number of carbonyl (C=O) groups excluding carboxylic acids is 1. The molecule has 0 bridgehead atoms. The number of carboxylic acid groups (broad SMARTS) is 1. The van der Waals surface area contributed by atoms with Crippen molar-refractivity contribution in [2.75, 3.05) is 33.4 Å². The summed E-state index contributed by atoms with van der Waals surface area (Å²) in [6.07, 6.45) is -0.0423. The molecule has 20 heavy (non-hydrogen) atoms. The summed E-state index contributed by atoms with van der Waals surface area (Å²) < 4.78 is 5.04. The Morgan fingerprint density at radius 3 is 2.25 bits per heavy atom. The van der Waals surface area contributed by atoms with Gasteiger partial charge in [0, 0.05) is 32.8 Å². The van der Waals surface area contributed by atoms with E-state index in [0.29, 0.717) is 32.2 Å². The van der Waals surface area contributed by atoms with Gasteiger partial charge >= 0.3 is 12.0 Å². The van der Waals surface area contributed by atoms with Crippen molar-refractivity contribution in [3.05, 3.63) is 0 Å². The minimum atomic E-state index is -0.893. The van der Waals surface area contributed by atoms with E-state index < -0.39 is 5.97 Å². The minimum absolute atomic E-state index is 0.0423. The first kappa shape index (κ1) is 18.7. The average molecular weight is 288 g/mol. The molecule has 0 aliphatic heterocycles. The van der Waals surface area contributed by atoms with Gasteiger partial charge in [-0.3, -0.25) is 4.79 Å². The van der Waals surface area contributed by atoms with Crippen molar-refractivity contribution in [1.29, 1.82) is 0 Å². The number of carbonyl (C=O) groups is 2. The normalized spacial score (nSPS) is 12.3. The molecule has 0 aromatic carbocycles. The van der Waals surface area contributed by atoms with Crippen LogP contribution in [0.5, 0.6) is 0 Å². The van der Waals surface area contributed by atoms with E-state index in [9.17, 15) is 9.59 Å². The Labute approximate surface area is 121 Å². The molecule has 118 valence electrons. The highest BCUT2D eigenvalue weighted by Crippen LogP contribution is 2.10. The molecule has 0 rings (SSSR count). The summed E-state index contributed by atoms with van der Waals surface area (Å²) in [5.41, 5.74) is 0. The maximum atomic E-state index is 12.5. The smallest absolute Gasteiger partial charge is 0.320 e. The number of methoxy groups -OCH3 is 1. The lowest BCUT2D eigenvalue weighted by molar-refractivity contribution is -0.138. The fourth-order valence-corrected chi connectivity index (χ4v) is 2.09. The number of ether oxygens (including phenoxy) is 1. The van der Waals surface area contributed by atoms with E-state index in [2.05, 4.69) is 0 Å². The van der Waals surface area contributed by atoms with Gasteiger partial charge in [0.25, 0.3) is 0 Å². The van der Waals surface area contributed by atoms with E-state index >= 15 is 0 Å². The van der Waals surface area contributed by atoms with Crippen molar-refractivity contribution in [2.24, 2.45) is 5.92 Å². The molecule has 0 spiro atoms. The second kappa shape index (κ2) is 9.58. The Bertz CT molecular complexity index is 308. The highest BCUT2D eigenvalue weighted by molar-refractivity contribution is 5.76. The van der Waals surface area contributed by atoms with Gasteiger partial charge in [-0.15, -0.1) is 0 Å². The summed E-state index contributed by atoms with van der Waals surface area (Å²) in [5, 5.41) is 8.86. The molecule has 0 heterocycles. The fourth-order valence-electron chi connectivity index (χ4n) is 2.09. The number of carboxylic acids is 1. The Kier molecular flexibility index (Phi) is 8.96. The first-order chi connectivity index (χ1) is 9.33. The largest absolute Gasteiger partial charge is 0.481 e. The van der Waals surface area contributed by atoms with Gasteiger partial charge in [0.1, 0.15) is 0 Å². The van der Waals surface area contributed by atoms with Gasteiger partial charge < -0.3 is 19.6 Å². The summed E-state index contributed by atoms with van der Waals surface area (Å²) in [7, 11) is 1.60. The van der Waals surface area contributed by atoms with E-state index in [-0.39, 0.29) is 18.5 Å². The van der Waals surface area contributed by atoms with Gasteiger partial charge in [-0.25, -0.2) is 4.79 Å². The van der Waals surface area contributed by atoms with Crippen LogP contribution in [0.3, 0.4) is 0 Å². The van der Waals surface area contributed by atoms with Gasteiger partial charge in [-0.1, -0.05) is 13.8 Å². The Morgan fingerprint density at radius 1 is 1.25 bits per heavy atom. The number of hydrogen-bond acceptors (Lipinski definition) is 3. The van der Waals surface area contributed by atoms with Crippen molar-refractivity contribution in [2.45, 2.75) is 40.2 Å². The lowest BCUT2D eigenvalue weighted by atomic mass is 10.2. The lowest BCUT2D eigenvalue weighted by Crippen LogP contribution is -2.49. The zero-order chi connectivity index (χ0) is 15.7. The monoisotopic (exact) mass is 288 g/mol. The van der Waals surface area contributed by atoms with E-state index in [1.165, 1.54) is 0 Å². The number of hydrogen-bond donors (Lipinski definition) is 1. The first-order valence-corrected chi connectivity index (χ1v) is 7.09. The highest BCUT2D eigenvalue weighted by atomic mass is 16.5. The van der Waals surface area contributed by atoms with Gasteiger partial charge in [-0.05, 0) is 19.8 Å². The van der Waals surface area contributed by atoms with Crippen LogP contribution < -0.4 is 0 Å². The van der Waals surface area contributed by atoms with Crippen LogP contribution in [0, 0.1) is 5.92 Å². The molecule has 1 unspecified atom stereocenters. The van der Waals surface area contributed by atoms with Crippen LogP contribution in [0.1, 0.15) is 34.1 Å². The predicted molar refractivity (Wildman–Crippen MR) is 77.8 cm³/mol. The number of urea groups is 1. The predicted octanol–water partition coefficient (Wildman–Crippen LogP) is 1.90. The molecule has 0 saturated carbocycles. The van der Waals surface area contributed by atoms with Crippen molar-refractivity contribution < 1.29 is 19.4 Å². The molecule has 0 aromatic rings. The third-order valence-electron chi connectivity index (χ3n) is 3.01. The molecule has 0 fully saturated rings. The van der Waals surface area contributed by atoms with Gasteiger partial charge in [0.2, 0.25) is 0 Å². The number of rotatable bonds is 9. The van der Waals surface area contributed by atoms with E-state index in [0.717, 1.165) is 0 Å². The quantitative estimate of drug-likeness (QED) is 0.703. The lowest BCUT2D eigenvalue weighted by Gasteiger charge is -2.34. The summed E-state index contributed by atoms with van der Waals surface area (Å²) in [6.45, 7) is 9.84. The van der Waals surface area contributed by atoms with Crippen LogP contribution in [0.15, 0.2) is 0 Å². The number of nitrogens with zero attached hydrogens (tertiary/aromatic N) is 2. The molecule has 1 atom stereocenters. The van der Waals surface area contributed by atoms with E-state index in [1.807, 2.05) is 20.8 Å². The maximum Gasteiger partial charge on any atom is 0.320 e. The SMILES string of the molecule is CCN(C(=O)N(CCOC)CC(C)C)C(C)CC(=O)O. The number of amides is 2. The molecular weight excluding hydrogens is 260 g/mol. The van der Waals surface area contributed by atoms with Gasteiger partial charge in [0.05, 0.1) is 13.0 Å². The molecule has 6 nitrogen and oxygen atoms in total. The van der Waals surface area contributed by atoms with Crippen molar-refractivity contribution in [1.82, 2.24) is 9.80 Å². The summed E-state index contributed by atoms with van der Waals surface area (Å²) >= 11 is 0. The van der Waals surface area contributed by atoms with Crippen molar-refractivity contribution in [3.63, 3.8) is 0 Å². The zero-order valence-corrected chi connectivity index (χ0v) is 13.3. The highest BCUT2D eigenvalue weighted by Gasteiger charge is 2.25. The van der Waals surface area contributed by atoms with Crippen LogP contribution >= 0.6 is 0 Å². The van der Waals surface area contributed by atoms with Crippen LogP contribution in [0.25, 0.3) is 0 Å². The van der Waals surface area contributed by atoms with Crippen LogP contribution in [-0.2, 0) is 9.53 Å². The molecule has 0 radical (unpaired) electrons. The van der Waals surface area contributed by atoms with E-state index in [1.54, 1.807) is 23.8 Å². The van der Waals surface area contributed by atoms with Gasteiger partial charge in [0.15, 0.2) is 0 Å². The average Bonchev–Trinajstić information content (AvgIpc) is 2.33. The Morgan fingerprint density at radius 2 is 1.85 bits per heavy atom. The third kappa shape index (κ3) is 6.75. The molecule has 2 amide bonds. The standard InChI is InChI=1S/C14H28N2O4/c1-6-16(12(4)9-13(17)18)14(19)15(7-8-20-5)10-11(2)3/h11-12H,6-10H2,1-5H3,(H,17,18). The summed E-state index contributed by atoms with van der Waals surface area (Å²) in [5.74, 6) is -0.541. The van der Waals surface area contributed by atoms with Crippen LogP contribution in [0.4, 0.5) is 4.79 Å². The Balaban J connectivity index is 4.82. The fraction of sp³-hybridized carbons (Fsp3) is 0.857. The maximum absolute atomic E-state index is 12.5. The second-order valence-electron chi connectivity index (χ2n) is 5.35. The molecule has 0 aliphatic carbocycles. The molecular formula is C14H28N2O4. The number of aliphatic carboxylic acids is 1. The molecule has 0 aliphatic rings. The van der Waals surface area contributed by atoms with Crippen LogP contribution in [0.2, 0.25) is 0 Å².